The van der Waals surface area contributed by atoms with Gasteiger partial charge in [0.1, 0.15) is 5.82 Å². The van der Waals surface area contributed by atoms with Crippen LogP contribution >= 0.6 is 11.6 Å². The number of aliphatic hydroxyl groups is 1. The summed E-state index contributed by atoms with van der Waals surface area (Å²) in [5.74, 6) is -0.290. The van der Waals surface area contributed by atoms with Crippen molar-refractivity contribution in [1.82, 2.24) is 10.6 Å². The highest BCUT2D eigenvalue weighted by Crippen LogP contribution is 2.18. The highest BCUT2D eigenvalue weighted by molar-refractivity contribution is 6.31. The lowest BCUT2D eigenvalue weighted by Crippen LogP contribution is -2.31. The molecule has 0 amide bonds. The minimum absolute atomic E-state index is 0.290. The van der Waals surface area contributed by atoms with Crippen molar-refractivity contribution in [2.75, 3.05) is 19.6 Å². The van der Waals surface area contributed by atoms with Crippen molar-refractivity contribution in [2.45, 2.75) is 19.6 Å². The van der Waals surface area contributed by atoms with Crippen LogP contribution in [0.5, 0.6) is 0 Å². The molecular weight excluding hydrogens is 243 g/mol. The van der Waals surface area contributed by atoms with Crippen LogP contribution in [0.4, 0.5) is 4.39 Å². The molecule has 17 heavy (non-hydrogen) atoms. The molecule has 0 saturated heterocycles. The molecule has 0 bridgehead atoms. The summed E-state index contributed by atoms with van der Waals surface area (Å²) < 4.78 is 13.4. The molecule has 1 atom stereocenters. The first kappa shape index (κ1) is 14.4. The SMILES string of the molecule is C[C@@H](O)CNCCNCc1c(F)cccc1Cl. The topological polar surface area (TPSA) is 44.3 Å². The molecule has 0 heterocycles. The number of rotatable bonds is 7. The first-order valence-electron chi connectivity index (χ1n) is 5.63. The number of halogens is 2. The summed E-state index contributed by atoms with van der Waals surface area (Å²) in [6.07, 6.45) is -0.351. The number of hydrogen-bond acceptors (Lipinski definition) is 3. The van der Waals surface area contributed by atoms with Crippen LogP contribution in [0.25, 0.3) is 0 Å². The van der Waals surface area contributed by atoms with Gasteiger partial charge >= 0.3 is 0 Å². The minimum atomic E-state index is -0.351. The Labute approximate surface area is 106 Å². The van der Waals surface area contributed by atoms with Crippen molar-refractivity contribution in [1.29, 1.82) is 0 Å². The van der Waals surface area contributed by atoms with E-state index < -0.39 is 0 Å². The third kappa shape index (κ3) is 5.46. The van der Waals surface area contributed by atoms with Crippen LogP contribution in [0.2, 0.25) is 5.02 Å². The van der Waals surface area contributed by atoms with Crippen molar-refractivity contribution >= 4 is 11.6 Å². The van der Waals surface area contributed by atoms with E-state index in [1.54, 1.807) is 19.1 Å². The van der Waals surface area contributed by atoms with E-state index in [0.29, 0.717) is 30.2 Å². The van der Waals surface area contributed by atoms with Gasteiger partial charge in [-0.05, 0) is 19.1 Å². The van der Waals surface area contributed by atoms with Crippen molar-refractivity contribution < 1.29 is 9.50 Å². The van der Waals surface area contributed by atoms with Gasteiger partial charge in [-0.3, -0.25) is 0 Å². The molecule has 0 aliphatic heterocycles. The van der Waals surface area contributed by atoms with E-state index in [-0.39, 0.29) is 11.9 Å². The van der Waals surface area contributed by atoms with Gasteiger partial charge < -0.3 is 15.7 Å². The first-order chi connectivity index (χ1) is 8.11. The van der Waals surface area contributed by atoms with Gasteiger partial charge in [0.15, 0.2) is 0 Å². The Morgan fingerprint density at radius 2 is 2.06 bits per heavy atom. The molecular formula is C12H18ClFN2O. The summed E-state index contributed by atoms with van der Waals surface area (Å²) in [7, 11) is 0. The Balaban J connectivity index is 2.22. The smallest absolute Gasteiger partial charge is 0.129 e. The van der Waals surface area contributed by atoms with Gasteiger partial charge in [0.25, 0.3) is 0 Å². The Kier molecular flexibility index (Phi) is 6.44. The first-order valence-corrected chi connectivity index (χ1v) is 6.01. The molecule has 1 aromatic rings. The number of aliphatic hydroxyl groups excluding tert-OH is 1. The zero-order chi connectivity index (χ0) is 12.7. The molecule has 3 N–H and O–H groups in total. The summed E-state index contributed by atoms with van der Waals surface area (Å²) in [4.78, 5) is 0. The zero-order valence-electron chi connectivity index (χ0n) is 9.84. The summed E-state index contributed by atoms with van der Waals surface area (Å²) in [5.41, 5.74) is 0.490. The van der Waals surface area contributed by atoms with E-state index in [2.05, 4.69) is 10.6 Å². The molecule has 0 unspecified atom stereocenters. The van der Waals surface area contributed by atoms with Gasteiger partial charge in [-0.2, -0.15) is 0 Å². The van der Waals surface area contributed by atoms with Crippen LogP contribution < -0.4 is 10.6 Å². The highest BCUT2D eigenvalue weighted by atomic mass is 35.5. The standard InChI is InChI=1S/C12H18ClFN2O/c1-9(17)7-15-5-6-16-8-10-11(13)3-2-4-12(10)14/h2-4,9,15-17H,5-8H2,1H3/t9-/m1/s1. The van der Waals surface area contributed by atoms with E-state index in [4.69, 9.17) is 16.7 Å². The van der Waals surface area contributed by atoms with Crippen LogP contribution in [0.1, 0.15) is 12.5 Å². The van der Waals surface area contributed by atoms with Gasteiger partial charge in [0, 0.05) is 36.8 Å². The van der Waals surface area contributed by atoms with E-state index >= 15 is 0 Å². The molecule has 3 nitrogen and oxygen atoms in total. The van der Waals surface area contributed by atoms with E-state index in [9.17, 15) is 4.39 Å². The molecule has 1 rings (SSSR count). The summed E-state index contributed by atoms with van der Waals surface area (Å²) in [5, 5.41) is 15.6. The van der Waals surface area contributed by atoms with E-state index in [1.807, 2.05) is 0 Å². The third-order valence-corrected chi connectivity index (χ3v) is 2.64. The lowest BCUT2D eigenvalue weighted by atomic mass is 10.2. The largest absolute Gasteiger partial charge is 0.392 e. The van der Waals surface area contributed by atoms with Gasteiger partial charge in [-0.1, -0.05) is 17.7 Å². The van der Waals surface area contributed by atoms with Crippen molar-refractivity contribution in [3.63, 3.8) is 0 Å². The Hall–Kier alpha value is -0.680. The molecule has 0 spiro atoms. The van der Waals surface area contributed by atoms with Gasteiger partial charge in [-0.15, -0.1) is 0 Å². The Bertz CT molecular complexity index is 327. The quantitative estimate of drug-likeness (QED) is 0.652. The van der Waals surface area contributed by atoms with Crippen LogP contribution in [0, 0.1) is 5.82 Å². The van der Waals surface area contributed by atoms with Crippen LogP contribution in [-0.2, 0) is 6.54 Å². The fraction of sp³-hybridized carbons (Fsp3) is 0.500. The maximum absolute atomic E-state index is 13.4. The minimum Gasteiger partial charge on any atom is -0.392 e. The van der Waals surface area contributed by atoms with Crippen molar-refractivity contribution in [2.24, 2.45) is 0 Å². The lowest BCUT2D eigenvalue weighted by molar-refractivity contribution is 0.191. The summed E-state index contributed by atoms with van der Waals surface area (Å²) >= 11 is 5.88. The van der Waals surface area contributed by atoms with Crippen LogP contribution in [-0.4, -0.2) is 30.8 Å². The van der Waals surface area contributed by atoms with E-state index in [1.165, 1.54) is 6.07 Å². The lowest BCUT2D eigenvalue weighted by Gasteiger charge is -2.09. The number of benzene rings is 1. The molecule has 96 valence electrons. The molecule has 0 fully saturated rings. The normalized spacial score (nSPS) is 12.7. The predicted molar refractivity (Wildman–Crippen MR) is 67.7 cm³/mol. The molecule has 0 aliphatic carbocycles. The molecule has 5 heteroatoms. The molecule has 0 aliphatic rings. The number of nitrogens with one attached hydrogen (secondary N) is 2. The third-order valence-electron chi connectivity index (χ3n) is 2.28. The Morgan fingerprint density at radius 1 is 1.35 bits per heavy atom. The summed E-state index contributed by atoms with van der Waals surface area (Å²) in [6.45, 7) is 4.10. The van der Waals surface area contributed by atoms with E-state index in [0.717, 1.165) is 6.54 Å². The van der Waals surface area contributed by atoms with Crippen LogP contribution in [0.15, 0.2) is 18.2 Å². The predicted octanol–water partition coefficient (Wildman–Crippen LogP) is 1.54. The van der Waals surface area contributed by atoms with Crippen LogP contribution in [0.3, 0.4) is 0 Å². The fourth-order valence-electron chi connectivity index (χ4n) is 1.40. The van der Waals surface area contributed by atoms with Gasteiger partial charge in [0.2, 0.25) is 0 Å². The molecule has 0 aromatic heterocycles. The second-order valence-corrected chi connectivity index (χ2v) is 4.34. The van der Waals surface area contributed by atoms with Gasteiger partial charge in [-0.25, -0.2) is 4.39 Å². The molecule has 1 aromatic carbocycles. The fourth-order valence-corrected chi connectivity index (χ4v) is 1.63. The average molecular weight is 261 g/mol. The zero-order valence-corrected chi connectivity index (χ0v) is 10.6. The maximum Gasteiger partial charge on any atom is 0.129 e. The number of hydrogen-bond donors (Lipinski definition) is 3. The van der Waals surface area contributed by atoms with Gasteiger partial charge in [0.05, 0.1) is 6.10 Å². The maximum atomic E-state index is 13.4. The monoisotopic (exact) mass is 260 g/mol. The second-order valence-electron chi connectivity index (χ2n) is 3.93. The van der Waals surface area contributed by atoms with Crippen molar-refractivity contribution in [3.8, 4) is 0 Å². The Morgan fingerprint density at radius 3 is 2.71 bits per heavy atom. The highest BCUT2D eigenvalue weighted by Gasteiger charge is 2.05. The molecule has 0 saturated carbocycles. The second kappa shape index (κ2) is 7.61. The van der Waals surface area contributed by atoms with Crippen molar-refractivity contribution in [3.05, 3.63) is 34.6 Å². The summed E-state index contributed by atoms with van der Waals surface area (Å²) in [6, 6.07) is 4.66. The average Bonchev–Trinajstić information content (AvgIpc) is 2.26. The molecule has 0 radical (unpaired) electrons.